The summed E-state index contributed by atoms with van der Waals surface area (Å²) in [5.41, 5.74) is 2.17. The molecule has 4 rings (SSSR count). The van der Waals surface area contributed by atoms with Gasteiger partial charge in [0.05, 0.1) is 9.75 Å². The highest BCUT2D eigenvalue weighted by atomic mass is 35.5. The molecular formula is C30H30Cl2OSi2. The van der Waals surface area contributed by atoms with Crippen molar-refractivity contribution in [3.8, 4) is 0 Å². The fourth-order valence-corrected chi connectivity index (χ4v) is 10.2. The van der Waals surface area contributed by atoms with E-state index in [0.29, 0.717) is 0 Å². The van der Waals surface area contributed by atoms with Gasteiger partial charge in [-0.05, 0) is 59.6 Å². The normalized spacial score (nSPS) is 12.5. The van der Waals surface area contributed by atoms with Gasteiger partial charge in [0.2, 0.25) is 0 Å². The Morgan fingerprint density at radius 2 is 0.914 bits per heavy atom. The summed E-state index contributed by atoms with van der Waals surface area (Å²) in [5.74, 6) is 0. The standard InChI is InChI=1S/C30H30Cl2OSi2/c1-29(2,31)23-15-19-27(20-16-23)35(26-13-9-6-10-14-26,33-34-25-11-7-5-8-12-25)28-21-17-24(18-22-28)30(3,4)32/h5-22H,1-4H3. The van der Waals surface area contributed by atoms with Crippen LogP contribution in [0.2, 0.25) is 0 Å². The molecule has 0 saturated heterocycles. The molecule has 4 aromatic rings. The molecule has 0 aliphatic rings. The first-order chi connectivity index (χ1) is 16.6. The average Bonchev–Trinajstić information content (AvgIpc) is 2.85. The second-order valence-corrected chi connectivity index (χ2v) is 16.3. The molecule has 0 aromatic heterocycles. The van der Waals surface area contributed by atoms with E-state index in [4.69, 9.17) is 27.3 Å². The van der Waals surface area contributed by atoms with Gasteiger partial charge in [-0.1, -0.05) is 109 Å². The van der Waals surface area contributed by atoms with E-state index in [2.05, 4.69) is 103 Å². The second kappa shape index (κ2) is 10.5. The fraction of sp³-hybridized carbons (Fsp3) is 0.200. The van der Waals surface area contributed by atoms with Crippen molar-refractivity contribution >= 4 is 62.0 Å². The zero-order valence-corrected chi connectivity index (χ0v) is 24.1. The lowest BCUT2D eigenvalue weighted by Gasteiger charge is -2.34. The molecule has 0 aliphatic heterocycles. The van der Waals surface area contributed by atoms with Crippen LogP contribution in [0, 0.1) is 0 Å². The molecule has 1 nitrogen and oxygen atoms in total. The smallest absolute Gasteiger partial charge is 0.278 e. The van der Waals surface area contributed by atoms with Crippen molar-refractivity contribution in [2.24, 2.45) is 0 Å². The van der Waals surface area contributed by atoms with Crippen LogP contribution in [-0.4, -0.2) is 18.1 Å². The molecule has 0 bridgehead atoms. The summed E-state index contributed by atoms with van der Waals surface area (Å²) in [6.45, 7) is 8.08. The molecule has 0 N–H and O–H groups in total. The van der Waals surface area contributed by atoms with Crippen LogP contribution >= 0.6 is 23.2 Å². The number of hydrogen-bond acceptors (Lipinski definition) is 1. The van der Waals surface area contributed by atoms with Crippen molar-refractivity contribution in [1.29, 1.82) is 0 Å². The van der Waals surface area contributed by atoms with Crippen LogP contribution in [0.15, 0.2) is 109 Å². The summed E-state index contributed by atoms with van der Waals surface area (Å²) < 4.78 is 7.13. The van der Waals surface area contributed by atoms with E-state index < -0.39 is 18.1 Å². The highest BCUT2D eigenvalue weighted by Gasteiger charge is 2.42. The predicted octanol–water partition coefficient (Wildman–Crippen LogP) is 5.56. The predicted molar refractivity (Wildman–Crippen MR) is 155 cm³/mol. The molecule has 2 radical (unpaired) electrons. The van der Waals surface area contributed by atoms with Crippen molar-refractivity contribution in [2.75, 3.05) is 0 Å². The summed E-state index contributed by atoms with van der Waals surface area (Å²) >= 11 is 13.3. The monoisotopic (exact) mass is 532 g/mol. The Labute approximate surface area is 223 Å². The van der Waals surface area contributed by atoms with Crippen LogP contribution in [0.5, 0.6) is 0 Å². The van der Waals surface area contributed by atoms with E-state index in [1.165, 1.54) is 20.7 Å². The SMILES string of the molecule is CC(C)(Cl)c1ccc([Si](O[Si]c2ccccc2)(c2ccccc2)c2ccc(C(C)(C)Cl)cc2)cc1. The fourth-order valence-electron chi connectivity index (χ4n) is 4.19. The van der Waals surface area contributed by atoms with Gasteiger partial charge < -0.3 is 4.12 Å². The van der Waals surface area contributed by atoms with Gasteiger partial charge in [-0.2, -0.15) is 0 Å². The Hall–Kier alpha value is -2.15. The van der Waals surface area contributed by atoms with Crippen LogP contribution in [-0.2, 0) is 13.9 Å². The number of benzene rings is 4. The van der Waals surface area contributed by atoms with Crippen LogP contribution in [0.4, 0.5) is 0 Å². The number of halogens is 2. The van der Waals surface area contributed by atoms with E-state index >= 15 is 0 Å². The van der Waals surface area contributed by atoms with Crippen LogP contribution in [0.3, 0.4) is 0 Å². The lowest BCUT2D eigenvalue weighted by Crippen LogP contribution is -2.70. The third-order valence-electron chi connectivity index (χ3n) is 6.23. The molecule has 0 saturated carbocycles. The zero-order valence-electron chi connectivity index (χ0n) is 20.6. The zero-order chi connectivity index (χ0) is 25.1. The topological polar surface area (TPSA) is 9.23 Å². The van der Waals surface area contributed by atoms with E-state index in [9.17, 15) is 0 Å². The Bertz CT molecular complexity index is 1170. The first kappa shape index (κ1) is 25.9. The molecule has 0 aliphatic carbocycles. The van der Waals surface area contributed by atoms with Crippen molar-refractivity contribution in [3.63, 3.8) is 0 Å². The van der Waals surface area contributed by atoms with Gasteiger partial charge in [-0.3, -0.25) is 0 Å². The van der Waals surface area contributed by atoms with Crippen molar-refractivity contribution < 1.29 is 4.12 Å². The van der Waals surface area contributed by atoms with E-state index in [-0.39, 0.29) is 9.76 Å². The third-order valence-corrected chi connectivity index (χ3v) is 12.3. The van der Waals surface area contributed by atoms with Crippen molar-refractivity contribution in [3.05, 3.63) is 120 Å². The van der Waals surface area contributed by atoms with Gasteiger partial charge in [0.15, 0.2) is 0 Å². The van der Waals surface area contributed by atoms with Gasteiger partial charge in [0, 0.05) is 0 Å². The minimum absolute atomic E-state index is 0.215. The highest BCUT2D eigenvalue weighted by Crippen LogP contribution is 2.28. The molecule has 5 heteroatoms. The minimum Gasteiger partial charge on any atom is -0.442 e. The molecule has 0 unspecified atom stereocenters. The molecule has 0 fully saturated rings. The molecule has 178 valence electrons. The first-order valence-corrected chi connectivity index (χ1v) is 15.3. The van der Waals surface area contributed by atoms with Crippen molar-refractivity contribution in [2.45, 2.75) is 37.4 Å². The number of hydrogen-bond donors (Lipinski definition) is 0. The van der Waals surface area contributed by atoms with Gasteiger partial charge in [0.25, 0.3) is 18.1 Å². The van der Waals surface area contributed by atoms with Crippen molar-refractivity contribution in [1.82, 2.24) is 0 Å². The molecule has 35 heavy (non-hydrogen) atoms. The largest absolute Gasteiger partial charge is 0.442 e. The lowest BCUT2D eigenvalue weighted by atomic mass is 10.0. The van der Waals surface area contributed by atoms with Crippen LogP contribution in [0.1, 0.15) is 38.8 Å². The summed E-state index contributed by atoms with van der Waals surface area (Å²) in [7, 11) is -2.63. The molecule has 4 aromatic carbocycles. The molecule has 0 heterocycles. The highest BCUT2D eigenvalue weighted by molar-refractivity contribution is 7.09. The average molecular weight is 534 g/mol. The Kier molecular flexibility index (Phi) is 7.75. The number of rotatable bonds is 8. The summed E-state index contributed by atoms with van der Waals surface area (Å²) in [6.07, 6.45) is 0. The summed E-state index contributed by atoms with van der Waals surface area (Å²) in [4.78, 5) is -0.870. The second-order valence-electron chi connectivity index (χ2n) is 9.72. The molecule has 0 atom stereocenters. The maximum absolute atomic E-state index is 7.13. The first-order valence-electron chi connectivity index (χ1n) is 11.8. The molecule has 0 amide bonds. The summed E-state index contributed by atoms with van der Waals surface area (Å²) in [6, 6.07) is 38.4. The Balaban J connectivity index is 1.91. The molecule has 0 spiro atoms. The quantitative estimate of drug-likeness (QED) is 0.164. The van der Waals surface area contributed by atoms with Gasteiger partial charge in [-0.25, -0.2) is 0 Å². The van der Waals surface area contributed by atoms with E-state index in [0.717, 1.165) is 11.1 Å². The van der Waals surface area contributed by atoms with E-state index in [1.807, 2.05) is 33.8 Å². The third kappa shape index (κ3) is 5.82. The maximum atomic E-state index is 7.13. The Morgan fingerprint density at radius 1 is 0.543 bits per heavy atom. The number of alkyl halides is 2. The minimum atomic E-state index is -2.84. The summed E-state index contributed by atoms with van der Waals surface area (Å²) in [5, 5.41) is 4.76. The van der Waals surface area contributed by atoms with Crippen LogP contribution in [0.25, 0.3) is 0 Å². The molecular weight excluding hydrogens is 503 g/mol. The van der Waals surface area contributed by atoms with Crippen LogP contribution < -0.4 is 20.7 Å². The maximum Gasteiger partial charge on any atom is 0.278 e. The Morgan fingerprint density at radius 3 is 1.31 bits per heavy atom. The van der Waals surface area contributed by atoms with E-state index in [1.54, 1.807) is 0 Å². The van der Waals surface area contributed by atoms with Gasteiger partial charge in [0.1, 0.15) is 0 Å². The van der Waals surface area contributed by atoms with Gasteiger partial charge >= 0.3 is 0 Å². The lowest BCUT2D eigenvalue weighted by molar-refractivity contribution is 0.630. The van der Waals surface area contributed by atoms with Gasteiger partial charge in [-0.15, -0.1) is 23.2 Å².